The Balaban J connectivity index is 2.24. The molecule has 1 aromatic rings. The summed E-state index contributed by atoms with van der Waals surface area (Å²) in [5.74, 6) is -1.55. The van der Waals surface area contributed by atoms with E-state index in [-0.39, 0.29) is 17.5 Å². The van der Waals surface area contributed by atoms with Crippen LogP contribution in [0, 0.1) is 11.7 Å². The summed E-state index contributed by atoms with van der Waals surface area (Å²) in [6.45, 7) is 2.66. The lowest BCUT2D eigenvalue weighted by Gasteiger charge is -2.34. The first-order valence-corrected chi connectivity index (χ1v) is 7.11. The van der Waals surface area contributed by atoms with Gasteiger partial charge in [-0.3, -0.25) is 4.79 Å². The van der Waals surface area contributed by atoms with Gasteiger partial charge in [0.2, 0.25) is 0 Å². The third-order valence-corrected chi connectivity index (χ3v) is 3.96. The summed E-state index contributed by atoms with van der Waals surface area (Å²) in [7, 11) is 0. The smallest absolute Gasteiger partial charge is 0.338 e. The first-order chi connectivity index (χ1) is 10.2. The number of piperidine rings is 1. The summed E-state index contributed by atoms with van der Waals surface area (Å²) in [6, 6.07) is 1.82. The molecule has 0 radical (unpaired) electrons. The highest BCUT2D eigenvalue weighted by Gasteiger charge is 2.33. The van der Waals surface area contributed by atoms with Crippen molar-refractivity contribution in [3.8, 4) is 0 Å². The van der Waals surface area contributed by atoms with Crippen molar-refractivity contribution < 1.29 is 22.4 Å². The molecule has 122 valence electrons. The highest BCUT2D eigenvalue weighted by Crippen LogP contribution is 2.31. The minimum absolute atomic E-state index is 0.103. The van der Waals surface area contributed by atoms with Crippen LogP contribution in [-0.2, 0) is 6.18 Å². The van der Waals surface area contributed by atoms with E-state index in [1.54, 1.807) is 0 Å². The lowest BCUT2D eigenvalue weighted by Crippen LogP contribution is -2.45. The fraction of sp³-hybridized carbons (Fsp3) is 0.533. The molecule has 0 saturated carbocycles. The van der Waals surface area contributed by atoms with Crippen molar-refractivity contribution in [2.75, 3.05) is 13.1 Å². The molecule has 7 heteroatoms. The Labute approximate surface area is 126 Å². The van der Waals surface area contributed by atoms with Gasteiger partial charge in [0.05, 0.1) is 5.56 Å². The van der Waals surface area contributed by atoms with Crippen LogP contribution in [0.4, 0.5) is 17.6 Å². The predicted octanol–water partition coefficient (Wildman–Crippen LogP) is 3.04. The van der Waals surface area contributed by atoms with Gasteiger partial charge in [0.25, 0.3) is 5.91 Å². The van der Waals surface area contributed by atoms with Gasteiger partial charge in [-0.15, -0.1) is 0 Å². The van der Waals surface area contributed by atoms with Crippen LogP contribution in [0.5, 0.6) is 0 Å². The highest BCUT2D eigenvalue weighted by molar-refractivity contribution is 5.94. The SMILES string of the molecule is C[C@@H](N)[C@@H]1CCCN(C(=O)c2cc(F)cc(C(F)(F)F)c2)C1. The van der Waals surface area contributed by atoms with Crippen LogP contribution in [0.3, 0.4) is 0 Å². The van der Waals surface area contributed by atoms with E-state index in [2.05, 4.69) is 0 Å². The minimum Gasteiger partial charge on any atom is -0.338 e. The number of hydrogen-bond acceptors (Lipinski definition) is 2. The number of hydrogen-bond donors (Lipinski definition) is 1. The molecule has 1 fully saturated rings. The summed E-state index contributed by atoms with van der Waals surface area (Å²) in [6.07, 6.45) is -3.08. The highest BCUT2D eigenvalue weighted by atomic mass is 19.4. The molecule has 0 bridgehead atoms. The minimum atomic E-state index is -4.69. The van der Waals surface area contributed by atoms with Crippen LogP contribution in [0.1, 0.15) is 35.7 Å². The van der Waals surface area contributed by atoms with Crippen LogP contribution >= 0.6 is 0 Å². The molecular weight excluding hydrogens is 300 g/mol. The maximum absolute atomic E-state index is 13.4. The number of nitrogens with two attached hydrogens (primary N) is 1. The van der Waals surface area contributed by atoms with Crippen LogP contribution in [-0.4, -0.2) is 29.9 Å². The van der Waals surface area contributed by atoms with Gasteiger partial charge < -0.3 is 10.6 Å². The zero-order chi connectivity index (χ0) is 16.5. The Hall–Kier alpha value is -1.63. The topological polar surface area (TPSA) is 46.3 Å². The molecule has 3 nitrogen and oxygen atoms in total. The van der Waals surface area contributed by atoms with E-state index in [1.807, 2.05) is 6.92 Å². The number of alkyl halides is 3. The first-order valence-electron chi connectivity index (χ1n) is 7.11. The Morgan fingerprint density at radius 3 is 2.64 bits per heavy atom. The largest absolute Gasteiger partial charge is 0.416 e. The number of amides is 1. The normalized spacial score (nSPS) is 20.8. The van der Waals surface area contributed by atoms with Gasteiger partial charge in [-0.2, -0.15) is 13.2 Å². The Morgan fingerprint density at radius 1 is 1.36 bits per heavy atom. The van der Waals surface area contributed by atoms with Crippen LogP contribution in [0.25, 0.3) is 0 Å². The molecule has 0 aliphatic carbocycles. The molecule has 1 aliphatic heterocycles. The fourth-order valence-electron chi connectivity index (χ4n) is 2.68. The number of likely N-dealkylation sites (tertiary alicyclic amines) is 1. The maximum Gasteiger partial charge on any atom is 0.416 e. The fourth-order valence-corrected chi connectivity index (χ4v) is 2.68. The molecule has 1 aliphatic rings. The number of rotatable bonds is 2. The molecule has 0 spiro atoms. The summed E-state index contributed by atoms with van der Waals surface area (Å²) >= 11 is 0. The second-order valence-corrected chi connectivity index (χ2v) is 5.74. The van der Waals surface area contributed by atoms with E-state index >= 15 is 0 Å². The first kappa shape index (κ1) is 16.7. The molecule has 2 atom stereocenters. The van der Waals surface area contributed by atoms with Crippen molar-refractivity contribution in [1.82, 2.24) is 4.90 Å². The van der Waals surface area contributed by atoms with E-state index in [4.69, 9.17) is 5.73 Å². The van der Waals surface area contributed by atoms with Crippen LogP contribution < -0.4 is 5.73 Å². The second-order valence-electron chi connectivity index (χ2n) is 5.74. The summed E-state index contributed by atoms with van der Waals surface area (Å²) in [5, 5.41) is 0. The van der Waals surface area contributed by atoms with Gasteiger partial charge in [0.15, 0.2) is 0 Å². The van der Waals surface area contributed by atoms with Gasteiger partial charge >= 0.3 is 6.18 Å². The summed E-state index contributed by atoms with van der Waals surface area (Å²) in [4.78, 5) is 13.8. The molecule has 1 amide bonds. The molecular formula is C15H18F4N2O. The zero-order valence-corrected chi connectivity index (χ0v) is 12.2. The van der Waals surface area contributed by atoms with Crippen LogP contribution in [0.15, 0.2) is 18.2 Å². The van der Waals surface area contributed by atoms with Crippen molar-refractivity contribution in [2.24, 2.45) is 11.7 Å². The average molecular weight is 318 g/mol. The van der Waals surface area contributed by atoms with Crippen LogP contribution in [0.2, 0.25) is 0 Å². The molecule has 2 rings (SSSR count). The predicted molar refractivity (Wildman–Crippen MR) is 73.7 cm³/mol. The third kappa shape index (κ3) is 3.76. The van der Waals surface area contributed by atoms with Gasteiger partial charge in [0.1, 0.15) is 5.82 Å². The quantitative estimate of drug-likeness (QED) is 0.852. The Bertz CT molecular complexity index is 557. The average Bonchev–Trinajstić information content (AvgIpc) is 2.45. The molecule has 0 unspecified atom stereocenters. The number of halogens is 4. The molecule has 1 saturated heterocycles. The molecule has 1 heterocycles. The summed E-state index contributed by atoms with van der Waals surface area (Å²) < 4.78 is 51.5. The zero-order valence-electron chi connectivity index (χ0n) is 12.2. The number of benzene rings is 1. The molecule has 1 aromatic carbocycles. The number of nitrogens with zero attached hydrogens (tertiary/aromatic N) is 1. The lowest BCUT2D eigenvalue weighted by molar-refractivity contribution is -0.137. The lowest BCUT2D eigenvalue weighted by atomic mass is 9.92. The van der Waals surface area contributed by atoms with Crippen molar-refractivity contribution >= 4 is 5.91 Å². The van der Waals surface area contributed by atoms with Gasteiger partial charge in [-0.05, 0) is 43.9 Å². The number of carbonyl (C=O) groups is 1. The van der Waals surface area contributed by atoms with Crippen molar-refractivity contribution in [1.29, 1.82) is 0 Å². The van der Waals surface area contributed by atoms with Gasteiger partial charge in [-0.1, -0.05) is 0 Å². The Kier molecular flexibility index (Phi) is 4.75. The van der Waals surface area contributed by atoms with Crippen molar-refractivity contribution in [3.63, 3.8) is 0 Å². The van der Waals surface area contributed by atoms with Crippen molar-refractivity contribution in [3.05, 3.63) is 35.1 Å². The molecule has 2 N–H and O–H groups in total. The maximum atomic E-state index is 13.4. The second kappa shape index (κ2) is 6.24. The van der Waals surface area contributed by atoms with E-state index in [0.29, 0.717) is 25.2 Å². The number of carbonyl (C=O) groups excluding carboxylic acids is 1. The monoisotopic (exact) mass is 318 g/mol. The molecule has 0 aromatic heterocycles. The van der Waals surface area contributed by atoms with Gasteiger partial charge in [0, 0.05) is 24.7 Å². The molecule has 22 heavy (non-hydrogen) atoms. The van der Waals surface area contributed by atoms with E-state index < -0.39 is 23.5 Å². The summed E-state index contributed by atoms with van der Waals surface area (Å²) in [5.41, 5.74) is 4.39. The standard InChI is InChI=1S/C15H18F4N2O/c1-9(20)10-3-2-4-21(8-10)14(22)11-5-12(15(17,18)19)7-13(16)6-11/h5-7,9-10H,2-4,8,20H2,1H3/t9-,10-/m1/s1. The third-order valence-electron chi connectivity index (χ3n) is 3.96. The Morgan fingerprint density at radius 2 is 2.05 bits per heavy atom. The van der Waals surface area contributed by atoms with E-state index in [0.717, 1.165) is 18.9 Å². The van der Waals surface area contributed by atoms with Gasteiger partial charge in [-0.25, -0.2) is 4.39 Å². The van der Waals surface area contributed by atoms with E-state index in [1.165, 1.54) is 4.90 Å². The van der Waals surface area contributed by atoms with Crippen molar-refractivity contribution in [2.45, 2.75) is 32.0 Å². The van der Waals surface area contributed by atoms with E-state index in [9.17, 15) is 22.4 Å².